The Morgan fingerprint density at radius 1 is 1.37 bits per heavy atom. The van der Waals surface area contributed by atoms with Crippen molar-refractivity contribution in [3.63, 3.8) is 0 Å². The predicted octanol–water partition coefficient (Wildman–Crippen LogP) is 2.55. The molecule has 4 nitrogen and oxygen atoms in total. The zero-order chi connectivity index (χ0) is 13.7. The van der Waals surface area contributed by atoms with E-state index in [1.165, 1.54) is 0 Å². The van der Waals surface area contributed by atoms with Gasteiger partial charge in [0, 0.05) is 36.2 Å². The van der Waals surface area contributed by atoms with Gasteiger partial charge in [0.25, 0.3) is 0 Å². The maximum absolute atomic E-state index is 9.21. The zero-order valence-electron chi connectivity index (χ0n) is 10.8. The zero-order valence-corrected chi connectivity index (χ0v) is 12.3. The van der Waals surface area contributed by atoms with Crippen LogP contribution in [0.1, 0.15) is 11.1 Å². The van der Waals surface area contributed by atoms with Crippen molar-refractivity contribution in [1.29, 1.82) is 0 Å². The van der Waals surface area contributed by atoms with Crippen molar-refractivity contribution < 1.29 is 5.11 Å². The molecule has 0 bridgehead atoms. The third-order valence-corrected chi connectivity index (χ3v) is 3.65. The Balaban J connectivity index is 2.21. The Hall–Kier alpha value is -1.46. The van der Waals surface area contributed by atoms with Gasteiger partial charge in [-0.15, -0.1) is 0 Å². The standard InChI is InChI=1S/C14H16BrN3O/c1-11-7-14(17-9-13(11)15)18(5-6-19)10-12-3-2-4-16-8-12/h2-4,7-9,19H,5-6,10H2,1H3. The average Bonchev–Trinajstić information content (AvgIpc) is 2.43. The number of aryl methyl sites for hydroxylation is 1. The van der Waals surface area contributed by atoms with E-state index in [0.29, 0.717) is 13.1 Å². The van der Waals surface area contributed by atoms with Crippen molar-refractivity contribution in [1.82, 2.24) is 9.97 Å². The largest absolute Gasteiger partial charge is 0.395 e. The molecule has 2 heterocycles. The van der Waals surface area contributed by atoms with E-state index in [0.717, 1.165) is 21.4 Å². The number of anilines is 1. The number of pyridine rings is 2. The van der Waals surface area contributed by atoms with E-state index in [4.69, 9.17) is 0 Å². The van der Waals surface area contributed by atoms with Crippen LogP contribution in [0.5, 0.6) is 0 Å². The second-order valence-electron chi connectivity index (χ2n) is 4.30. The highest BCUT2D eigenvalue weighted by Crippen LogP contribution is 2.21. The second-order valence-corrected chi connectivity index (χ2v) is 5.15. The third kappa shape index (κ3) is 3.75. The van der Waals surface area contributed by atoms with Gasteiger partial charge in [-0.2, -0.15) is 0 Å². The number of aliphatic hydroxyl groups is 1. The summed E-state index contributed by atoms with van der Waals surface area (Å²) in [5.41, 5.74) is 2.22. The van der Waals surface area contributed by atoms with Crippen LogP contribution in [0, 0.1) is 6.92 Å². The Kier molecular flexibility index (Phi) is 4.87. The molecule has 0 aliphatic rings. The maximum atomic E-state index is 9.21. The highest BCUT2D eigenvalue weighted by atomic mass is 79.9. The average molecular weight is 322 g/mol. The van der Waals surface area contributed by atoms with E-state index in [1.54, 1.807) is 12.4 Å². The normalized spacial score (nSPS) is 10.5. The molecule has 0 amide bonds. The van der Waals surface area contributed by atoms with E-state index in [2.05, 4.69) is 25.9 Å². The van der Waals surface area contributed by atoms with Crippen LogP contribution in [0.4, 0.5) is 5.82 Å². The minimum atomic E-state index is 0.0943. The number of nitrogens with zero attached hydrogens (tertiary/aromatic N) is 3. The maximum Gasteiger partial charge on any atom is 0.129 e. The number of hydrogen-bond acceptors (Lipinski definition) is 4. The van der Waals surface area contributed by atoms with E-state index in [-0.39, 0.29) is 6.61 Å². The highest BCUT2D eigenvalue weighted by Gasteiger charge is 2.09. The van der Waals surface area contributed by atoms with Crippen molar-refractivity contribution in [2.45, 2.75) is 13.5 Å². The summed E-state index contributed by atoms with van der Waals surface area (Å²) >= 11 is 3.44. The predicted molar refractivity (Wildman–Crippen MR) is 79.0 cm³/mol. The first-order valence-corrected chi connectivity index (χ1v) is 6.87. The molecule has 0 fully saturated rings. The van der Waals surface area contributed by atoms with Crippen LogP contribution in [0.2, 0.25) is 0 Å². The van der Waals surface area contributed by atoms with Gasteiger partial charge < -0.3 is 10.0 Å². The van der Waals surface area contributed by atoms with Gasteiger partial charge in [-0.3, -0.25) is 4.98 Å². The summed E-state index contributed by atoms with van der Waals surface area (Å²) in [6, 6.07) is 5.94. The van der Waals surface area contributed by atoms with E-state index < -0.39 is 0 Å². The molecular weight excluding hydrogens is 306 g/mol. The lowest BCUT2D eigenvalue weighted by atomic mass is 10.2. The Morgan fingerprint density at radius 3 is 2.84 bits per heavy atom. The van der Waals surface area contributed by atoms with Crippen LogP contribution in [0.3, 0.4) is 0 Å². The summed E-state index contributed by atoms with van der Waals surface area (Å²) in [6.45, 7) is 3.35. The molecule has 0 atom stereocenters. The van der Waals surface area contributed by atoms with Gasteiger partial charge in [0.15, 0.2) is 0 Å². The topological polar surface area (TPSA) is 49.2 Å². The van der Waals surface area contributed by atoms with Gasteiger partial charge in [-0.25, -0.2) is 4.98 Å². The van der Waals surface area contributed by atoms with Crippen LogP contribution >= 0.6 is 15.9 Å². The van der Waals surface area contributed by atoms with Gasteiger partial charge in [-0.05, 0) is 46.1 Å². The van der Waals surface area contributed by atoms with Gasteiger partial charge in [0.05, 0.1) is 6.61 Å². The van der Waals surface area contributed by atoms with Gasteiger partial charge in [0.2, 0.25) is 0 Å². The van der Waals surface area contributed by atoms with Crippen molar-refractivity contribution in [3.05, 3.63) is 52.4 Å². The fourth-order valence-electron chi connectivity index (χ4n) is 1.80. The molecule has 0 aliphatic heterocycles. The first-order chi connectivity index (χ1) is 9.20. The fourth-order valence-corrected chi connectivity index (χ4v) is 2.02. The van der Waals surface area contributed by atoms with E-state index >= 15 is 0 Å². The number of aliphatic hydroxyl groups excluding tert-OH is 1. The molecule has 0 aliphatic carbocycles. The lowest BCUT2D eigenvalue weighted by Gasteiger charge is -2.23. The van der Waals surface area contributed by atoms with Gasteiger partial charge >= 0.3 is 0 Å². The summed E-state index contributed by atoms with van der Waals surface area (Å²) in [4.78, 5) is 10.5. The van der Waals surface area contributed by atoms with Gasteiger partial charge in [0.1, 0.15) is 5.82 Å². The van der Waals surface area contributed by atoms with Crippen molar-refractivity contribution >= 4 is 21.7 Å². The molecule has 2 rings (SSSR count). The molecule has 0 saturated carbocycles. The van der Waals surface area contributed by atoms with Crippen LogP contribution in [0.15, 0.2) is 41.3 Å². The molecule has 0 unspecified atom stereocenters. The lowest BCUT2D eigenvalue weighted by molar-refractivity contribution is 0.301. The first kappa shape index (κ1) is 14.0. The minimum absolute atomic E-state index is 0.0943. The molecule has 0 radical (unpaired) electrons. The molecular formula is C14H16BrN3O. The van der Waals surface area contributed by atoms with Crippen LogP contribution in [-0.2, 0) is 6.54 Å². The summed E-state index contributed by atoms with van der Waals surface area (Å²) in [5.74, 6) is 0.860. The highest BCUT2D eigenvalue weighted by molar-refractivity contribution is 9.10. The fraction of sp³-hybridized carbons (Fsp3) is 0.286. The van der Waals surface area contributed by atoms with E-state index in [9.17, 15) is 5.11 Å². The molecule has 0 spiro atoms. The van der Waals surface area contributed by atoms with Crippen molar-refractivity contribution in [2.75, 3.05) is 18.1 Å². The number of aromatic nitrogens is 2. The second kappa shape index (κ2) is 6.63. The molecule has 0 saturated heterocycles. The summed E-state index contributed by atoms with van der Waals surface area (Å²) in [7, 11) is 0. The molecule has 2 aromatic rings. The third-order valence-electron chi connectivity index (χ3n) is 2.82. The molecule has 2 aromatic heterocycles. The summed E-state index contributed by atoms with van der Waals surface area (Å²) < 4.78 is 0.988. The van der Waals surface area contributed by atoms with Crippen LogP contribution in [0.25, 0.3) is 0 Å². The minimum Gasteiger partial charge on any atom is -0.395 e. The molecule has 5 heteroatoms. The number of halogens is 1. The Bertz CT molecular complexity index is 533. The summed E-state index contributed by atoms with van der Waals surface area (Å²) in [5, 5.41) is 9.21. The number of hydrogen-bond donors (Lipinski definition) is 1. The molecule has 1 N–H and O–H groups in total. The van der Waals surface area contributed by atoms with Crippen molar-refractivity contribution in [2.24, 2.45) is 0 Å². The van der Waals surface area contributed by atoms with Gasteiger partial charge in [-0.1, -0.05) is 6.07 Å². The summed E-state index contributed by atoms with van der Waals surface area (Å²) in [6.07, 6.45) is 5.37. The number of rotatable bonds is 5. The van der Waals surface area contributed by atoms with Crippen LogP contribution in [-0.4, -0.2) is 28.2 Å². The quantitative estimate of drug-likeness (QED) is 0.919. The molecule has 0 aromatic carbocycles. The first-order valence-electron chi connectivity index (χ1n) is 6.07. The van der Waals surface area contributed by atoms with E-state index in [1.807, 2.05) is 36.2 Å². The Morgan fingerprint density at radius 2 is 2.21 bits per heavy atom. The smallest absolute Gasteiger partial charge is 0.129 e. The van der Waals surface area contributed by atoms with Crippen molar-refractivity contribution in [3.8, 4) is 0 Å². The lowest BCUT2D eigenvalue weighted by Crippen LogP contribution is -2.27. The SMILES string of the molecule is Cc1cc(N(CCO)Cc2cccnc2)ncc1Br. The monoisotopic (exact) mass is 321 g/mol. The molecule has 100 valence electrons. The van der Waals surface area contributed by atoms with Crippen LogP contribution < -0.4 is 4.90 Å². The Labute approximate surface area is 121 Å². The molecule has 19 heavy (non-hydrogen) atoms.